The number of halogens is 2. The van der Waals surface area contributed by atoms with E-state index in [1.165, 1.54) is 18.2 Å². The van der Waals surface area contributed by atoms with E-state index in [4.69, 9.17) is 27.9 Å². The van der Waals surface area contributed by atoms with Crippen molar-refractivity contribution in [3.8, 4) is 5.75 Å². The summed E-state index contributed by atoms with van der Waals surface area (Å²) in [4.78, 5) is 47.0. The lowest BCUT2D eigenvalue weighted by Crippen LogP contribution is -2.51. The van der Waals surface area contributed by atoms with Gasteiger partial charge >= 0.3 is 6.03 Å². The average Bonchev–Trinajstić information content (AvgIpc) is 2.67. The Kier molecular flexibility index (Phi) is 6.62. The van der Waals surface area contributed by atoms with Crippen LogP contribution in [-0.4, -0.2) is 30.4 Å². The predicted octanol–water partition coefficient (Wildman–Crippen LogP) is 3.38. The number of urea groups is 1. The van der Waals surface area contributed by atoms with Gasteiger partial charge in [-0.1, -0.05) is 29.3 Å². The Bertz CT molecular complexity index is 1100. The molecule has 8 nitrogen and oxygen atoms in total. The number of aryl methyl sites for hydroxylation is 2. The van der Waals surface area contributed by atoms with E-state index in [0.29, 0.717) is 11.3 Å². The van der Waals surface area contributed by atoms with Crippen molar-refractivity contribution in [3.05, 3.63) is 62.6 Å². The maximum atomic E-state index is 12.2. The molecule has 2 aromatic carbocycles. The third-order valence-electron chi connectivity index (χ3n) is 4.41. The summed E-state index contributed by atoms with van der Waals surface area (Å²) in [6, 6.07) is 7.46. The van der Waals surface area contributed by atoms with Crippen LogP contribution < -0.4 is 20.7 Å². The van der Waals surface area contributed by atoms with E-state index in [9.17, 15) is 19.2 Å². The standard InChI is InChI=1S/C21H17Cl2N3O5/c1-10-3-4-13(5-11(10)2)24-17(27)9-31-18-15(22)7-12(8-16(18)23)6-14-19(28)25-21(30)26-20(14)29/h3-8H,9H2,1-2H3,(H,24,27)(H2,25,26,28,29,30). The van der Waals surface area contributed by atoms with Crippen LogP contribution in [0.1, 0.15) is 16.7 Å². The number of hydrogen-bond acceptors (Lipinski definition) is 5. The van der Waals surface area contributed by atoms with Gasteiger partial charge in [0.25, 0.3) is 17.7 Å². The molecule has 0 bridgehead atoms. The number of rotatable bonds is 5. The van der Waals surface area contributed by atoms with Crippen LogP contribution in [0, 0.1) is 13.8 Å². The van der Waals surface area contributed by atoms with Gasteiger partial charge in [0.2, 0.25) is 0 Å². The highest BCUT2D eigenvalue weighted by molar-refractivity contribution is 6.37. The number of hydrogen-bond donors (Lipinski definition) is 3. The van der Waals surface area contributed by atoms with Crippen LogP contribution in [0.2, 0.25) is 10.0 Å². The molecule has 3 rings (SSSR count). The van der Waals surface area contributed by atoms with E-state index in [0.717, 1.165) is 11.1 Å². The second kappa shape index (κ2) is 9.20. The molecule has 0 aliphatic carbocycles. The SMILES string of the molecule is Cc1ccc(NC(=O)COc2c(Cl)cc(C=C3C(=O)NC(=O)NC3=O)cc2Cl)cc1C. The first-order valence-electron chi connectivity index (χ1n) is 9.01. The molecule has 2 aromatic rings. The van der Waals surface area contributed by atoms with Crippen LogP contribution in [0.3, 0.4) is 0 Å². The van der Waals surface area contributed by atoms with Crippen molar-refractivity contribution in [1.29, 1.82) is 0 Å². The van der Waals surface area contributed by atoms with E-state index in [1.54, 1.807) is 6.07 Å². The van der Waals surface area contributed by atoms with Crippen molar-refractivity contribution in [2.24, 2.45) is 0 Å². The highest BCUT2D eigenvalue weighted by Crippen LogP contribution is 2.35. The minimum absolute atomic E-state index is 0.0750. The first-order chi connectivity index (χ1) is 14.6. The summed E-state index contributed by atoms with van der Waals surface area (Å²) in [6.07, 6.45) is 1.23. The van der Waals surface area contributed by atoms with Gasteiger partial charge in [-0.15, -0.1) is 0 Å². The molecule has 0 unspecified atom stereocenters. The number of nitrogens with one attached hydrogen (secondary N) is 3. The van der Waals surface area contributed by atoms with Crippen LogP contribution in [0.4, 0.5) is 10.5 Å². The number of anilines is 1. The summed E-state index contributed by atoms with van der Waals surface area (Å²) in [5.74, 6) is -2.01. The van der Waals surface area contributed by atoms with Gasteiger partial charge < -0.3 is 10.1 Å². The first kappa shape index (κ1) is 22.3. The molecule has 0 spiro atoms. The van der Waals surface area contributed by atoms with Crippen molar-refractivity contribution < 1.29 is 23.9 Å². The summed E-state index contributed by atoms with van der Waals surface area (Å²) in [7, 11) is 0. The van der Waals surface area contributed by atoms with Crippen molar-refractivity contribution in [2.75, 3.05) is 11.9 Å². The molecule has 1 aliphatic rings. The minimum Gasteiger partial charge on any atom is -0.481 e. The van der Waals surface area contributed by atoms with Gasteiger partial charge in [0.05, 0.1) is 10.0 Å². The lowest BCUT2D eigenvalue weighted by Gasteiger charge is -2.15. The molecule has 10 heteroatoms. The third kappa shape index (κ3) is 5.42. The van der Waals surface area contributed by atoms with Gasteiger partial charge in [-0.3, -0.25) is 25.0 Å². The molecule has 31 heavy (non-hydrogen) atoms. The molecule has 3 N–H and O–H groups in total. The molecule has 0 atom stereocenters. The number of benzene rings is 2. The average molecular weight is 462 g/mol. The van der Waals surface area contributed by atoms with E-state index in [-0.39, 0.29) is 28.0 Å². The van der Waals surface area contributed by atoms with Crippen LogP contribution >= 0.6 is 23.2 Å². The Hall–Kier alpha value is -3.36. The summed E-state index contributed by atoms with van der Waals surface area (Å²) in [5.41, 5.74) is 2.83. The number of carbonyl (C=O) groups is 4. The number of imide groups is 2. The Labute approximate surface area is 187 Å². The molecule has 0 radical (unpaired) electrons. The smallest absolute Gasteiger partial charge is 0.328 e. The molecule has 1 fully saturated rings. The number of barbiturate groups is 1. The fraction of sp³-hybridized carbons (Fsp3) is 0.143. The Morgan fingerprint density at radius 3 is 2.19 bits per heavy atom. The highest BCUT2D eigenvalue weighted by Gasteiger charge is 2.27. The second-order valence-corrected chi connectivity index (χ2v) is 7.56. The zero-order valence-corrected chi connectivity index (χ0v) is 18.0. The fourth-order valence-corrected chi connectivity index (χ4v) is 3.34. The second-order valence-electron chi connectivity index (χ2n) is 6.74. The van der Waals surface area contributed by atoms with E-state index >= 15 is 0 Å². The molecule has 0 aromatic heterocycles. The number of carbonyl (C=O) groups excluding carboxylic acids is 4. The van der Waals surface area contributed by atoms with Gasteiger partial charge in [0.1, 0.15) is 5.57 Å². The molecule has 1 saturated heterocycles. The summed E-state index contributed by atoms with van der Waals surface area (Å²) < 4.78 is 5.46. The van der Waals surface area contributed by atoms with E-state index < -0.39 is 23.8 Å². The Morgan fingerprint density at radius 2 is 1.61 bits per heavy atom. The molecular weight excluding hydrogens is 445 g/mol. The van der Waals surface area contributed by atoms with Crippen molar-refractivity contribution >= 4 is 58.7 Å². The van der Waals surface area contributed by atoms with Gasteiger partial charge in [0, 0.05) is 5.69 Å². The topological polar surface area (TPSA) is 114 Å². The number of ether oxygens (including phenoxy) is 1. The fourth-order valence-electron chi connectivity index (χ4n) is 2.73. The summed E-state index contributed by atoms with van der Waals surface area (Å²) >= 11 is 12.4. The van der Waals surface area contributed by atoms with Gasteiger partial charge in [0.15, 0.2) is 12.4 Å². The molecule has 1 aliphatic heterocycles. The summed E-state index contributed by atoms with van der Waals surface area (Å²) in [6.45, 7) is 3.58. The van der Waals surface area contributed by atoms with E-state index in [1.807, 2.05) is 36.6 Å². The predicted molar refractivity (Wildman–Crippen MR) is 116 cm³/mol. The van der Waals surface area contributed by atoms with Crippen molar-refractivity contribution in [1.82, 2.24) is 10.6 Å². The molecule has 5 amide bonds. The highest BCUT2D eigenvalue weighted by atomic mass is 35.5. The van der Waals surface area contributed by atoms with Crippen molar-refractivity contribution in [2.45, 2.75) is 13.8 Å². The maximum Gasteiger partial charge on any atom is 0.328 e. The van der Waals surface area contributed by atoms with Crippen LogP contribution in [0.25, 0.3) is 6.08 Å². The van der Waals surface area contributed by atoms with Gasteiger partial charge in [-0.2, -0.15) is 0 Å². The summed E-state index contributed by atoms with van der Waals surface area (Å²) in [5, 5.41) is 6.81. The van der Waals surface area contributed by atoms with Crippen LogP contribution in [0.15, 0.2) is 35.9 Å². The number of amides is 5. The molecule has 1 heterocycles. The molecule has 160 valence electrons. The van der Waals surface area contributed by atoms with Crippen molar-refractivity contribution in [3.63, 3.8) is 0 Å². The first-order valence-corrected chi connectivity index (χ1v) is 9.77. The van der Waals surface area contributed by atoms with Gasteiger partial charge in [-0.25, -0.2) is 4.79 Å². The molecular formula is C21H17Cl2N3O5. The van der Waals surface area contributed by atoms with Crippen LogP contribution in [0.5, 0.6) is 5.75 Å². The zero-order valence-electron chi connectivity index (χ0n) is 16.5. The minimum atomic E-state index is -0.897. The molecule has 0 saturated carbocycles. The quantitative estimate of drug-likeness (QED) is 0.466. The Balaban J connectivity index is 1.70. The zero-order chi connectivity index (χ0) is 22.7. The maximum absolute atomic E-state index is 12.2. The van der Waals surface area contributed by atoms with E-state index in [2.05, 4.69) is 5.32 Å². The lowest BCUT2D eigenvalue weighted by molar-refractivity contribution is -0.124. The monoisotopic (exact) mass is 461 g/mol. The van der Waals surface area contributed by atoms with Crippen LogP contribution in [-0.2, 0) is 14.4 Å². The lowest BCUT2D eigenvalue weighted by atomic mass is 10.1. The Morgan fingerprint density at radius 1 is 1.00 bits per heavy atom. The van der Waals surface area contributed by atoms with Gasteiger partial charge in [-0.05, 0) is 60.9 Å². The normalized spacial score (nSPS) is 13.4. The third-order valence-corrected chi connectivity index (χ3v) is 4.97. The largest absolute Gasteiger partial charge is 0.481 e.